The van der Waals surface area contributed by atoms with Crippen LogP contribution in [-0.2, 0) is 14.8 Å². The van der Waals surface area contributed by atoms with Gasteiger partial charge in [0.2, 0.25) is 16.4 Å². The predicted molar refractivity (Wildman–Crippen MR) is 147 cm³/mol. The van der Waals surface area contributed by atoms with Crippen molar-refractivity contribution in [2.75, 3.05) is 44.4 Å². The number of fused-ring (bicyclic) bond motifs is 1. The summed E-state index contributed by atoms with van der Waals surface area (Å²) in [6.45, 7) is 4.94. The smallest absolute Gasteiger partial charge is 0.214 e. The van der Waals surface area contributed by atoms with Gasteiger partial charge < -0.3 is 14.8 Å². The van der Waals surface area contributed by atoms with E-state index in [2.05, 4.69) is 54.2 Å². The average molecular weight is 507 g/mol. The first-order chi connectivity index (χ1) is 17.3. The molecule has 190 valence electrons. The Morgan fingerprint density at radius 1 is 1.11 bits per heavy atom. The number of likely N-dealkylation sites (tertiary alicyclic amines) is 1. The number of piperidine rings is 1. The van der Waals surface area contributed by atoms with Gasteiger partial charge in [0.1, 0.15) is 0 Å². The van der Waals surface area contributed by atoms with Crippen LogP contribution in [0.15, 0.2) is 48.5 Å². The summed E-state index contributed by atoms with van der Waals surface area (Å²) in [6.07, 6.45) is 7.02. The van der Waals surface area contributed by atoms with E-state index in [-0.39, 0.29) is 6.04 Å². The first-order valence-corrected chi connectivity index (χ1v) is 14.4. The Labute approximate surface area is 213 Å². The lowest BCUT2D eigenvalue weighted by atomic mass is 9.94. The van der Waals surface area contributed by atoms with Crippen LogP contribution in [0.1, 0.15) is 30.5 Å². The number of rotatable bonds is 6. The Kier molecular flexibility index (Phi) is 6.76. The zero-order chi connectivity index (χ0) is 25.4. The normalized spacial score (nSPS) is 19.9. The first kappa shape index (κ1) is 24.7. The summed E-state index contributed by atoms with van der Waals surface area (Å²) >= 11 is 0. The summed E-state index contributed by atoms with van der Waals surface area (Å²) in [4.78, 5) is 20.0. The van der Waals surface area contributed by atoms with Gasteiger partial charge >= 0.3 is 0 Å². The summed E-state index contributed by atoms with van der Waals surface area (Å²) < 4.78 is 25.3. The highest BCUT2D eigenvalue weighted by Crippen LogP contribution is 2.37. The zero-order valence-corrected chi connectivity index (χ0v) is 22.0. The number of sulfonamides is 1. The lowest BCUT2D eigenvalue weighted by Crippen LogP contribution is -2.46. The lowest BCUT2D eigenvalue weighted by Gasteiger charge is -2.36. The van der Waals surface area contributed by atoms with Gasteiger partial charge in [0.15, 0.2) is 0 Å². The second-order valence-electron chi connectivity index (χ2n) is 10.1. The third kappa shape index (κ3) is 4.73. The van der Waals surface area contributed by atoms with E-state index in [1.165, 1.54) is 10.6 Å². The zero-order valence-electron chi connectivity index (χ0n) is 21.2. The molecule has 0 bridgehead atoms. The highest BCUT2D eigenvalue weighted by atomic mass is 32.2. The minimum absolute atomic E-state index is 0.176. The van der Waals surface area contributed by atoms with E-state index in [9.17, 15) is 13.2 Å². The van der Waals surface area contributed by atoms with Crippen LogP contribution in [0.5, 0.6) is 0 Å². The third-order valence-electron chi connectivity index (χ3n) is 7.63. The van der Waals surface area contributed by atoms with E-state index < -0.39 is 10.0 Å². The molecule has 1 amide bonds. The van der Waals surface area contributed by atoms with Crippen molar-refractivity contribution in [3.05, 3.63) is 59.8 Å². The molecule has 3 heterocycles. The molecule has 36 heavy (non-hydrogen) atoms. The summed E-state index contributed by atoms with van der Waals surface area (Å²) in [5.74, 6) is 0. The average Bonchev–Trinajstić information content (AvgIpc) is 3.30. The summed E-state index contributed by atoms with van der Waals surface area (Å²) in [7, 11) is -1.07. The Morgan fingerprint density at radius 2 is 1.89 bits per heavy atom. The topological polar surface area (TPSA) is 76.7 Å². The standard InChI is InChI=1S/C28H34N4O3S/c1-20-23(8-5-11-28(20)32(19-33)22-7-6-14-30(2)18-22)24-9-4-10-26-25(24)17-27(29-26)21-12-15-31(16-13-21)36(3,34)35/h4-5,8-12,17,19,22,29H,6-7,13-16,18H2,1-3H3. The number of carbonyl (C=O) groups is 1. The van der Waals surface area contributed by atoms with Crippen molar-refractivity contribution in [1.29, 1.82) is 0 Å². The van der Waals surface area contributed by atoms with Gasteiger partial charge in [0.25, 0.3) is 0 Å². The minimum Gasteiger partial charge on any atom is -0.355 e. The van der Waals surface area contributed by atoms with E-state index in [4.69, 9.17) is 0 Å². The molecule has 8 heteroatoms. The second-order valence-corrected chi connectivity index (χ2v) is 12.1. The molecule has 0 aliphatic carbocycles. The number of amides is 1. The van der Waals surface area contributed by atoms with Gasteiger partial charge in [-0.05, 0) is 80.2 Å². The van der Waals surface area contributed by atoms with Crippen LogP contribution >= 0.6 is 0 Å². The molecule has 3 aromatic rings. The maximum atomic E-state index is 12.2. The van der Waals surface area contributed by atoms with Crippen molar-refractivity contribution in [3.63, 3.8) is 0 Å². The van der Waals surface area contributed by atoms with Gasteiger partial charge in [0, 0.05) is 48.0 Å². The Morgan fingerprint density at radius 3 is 2.58 bits per heavy atom. The predicted octanol–water partition coefficient (Wildman–Crippen LogP) is 4.25. The molecule has 0 radical (unpaired) electrons. The van der Waals surface area contributed by atoms with Crippen LogP contribution in [0.4, 0.5) is 5.69 Å². The van der Waals surface area contributed by atoms with E-state index in [0.717, 1.165) is 76.9 Å². The van der Waals surface area contributed by atoms with E-state index in [1.807, 2.05) is 23.1 Å². The van der Waals surface area contributed by atoms with Crippen LogP contribution in [0, 0.1) is 6.92 Å². The van der Waals surface area contributed by atoms with E-state index >= 15 is 0 Å². The first-order valence-electron chi connectivity index (χ1n) is 12.5. The summed E-state index contributed by atoms with van der Waals surface area (Å²) in [6, 6.07) is 14.8. The summed E-state index contributed by atoms with van der Waals surface area (Å²) in [5.41, 5.74) is 7.49. The SMILES string of the molecule is Cc1c(-c2cccc3[nH]c(C4=CCN(S(C)(=O)=O)CC4)cc23)cccc1N(C=O)C1CCCN(C)C1. The number of aromatic amines is 1. The quantitative estimate of drug-likeness (QED) is 0.507. The van der Waals surface area contributed by atoms with Gasteiger partial charge in [-0.15, -0.1) is 0 Å². The summed E-state index contributed by atoms with van der Waals surface area (Å²) in [5, 5.41) is 1.12. The maximum absolute atomic E-state index is 12.2. The molecule has 1 aromatic heterocycles. The number of aromatic nitrogens is 1. The molecule has 1 saturated heterocycles. The number of hydrogen-bond acceptors (Lipinski definition) is 4. The molecule has 0 saturated carbocycles. The lowest BCUT2D eigenvalue weighted by molar-refractivity contribution is -0.108. The number of benzene rings is 2. The fourth-order valence-corrected chi connectivity index (χ4v) is 6.43. The molecule has 2 aliphatic rings. The van der Waals surface area contributed by atoms with Crippen molar-refractivity contribution < 1.29 is 13.2 Å². The van der Waals surface area contributed by atoms with Gasteiger partial charge in [-0.3, -0.25) is 4.79 Å². The molecule has 1 unspecified atom stereocenters. The molecule has 7 nitrogen and oxygen atoms in total. The number of nitrogens with zero attached hydrogens (tertiary/aromatic N) is 3. The molecule has 1 fully saturated rings. The van der Waals surface area contributed by atoms with E-state index in [0.29, 0.717) is 19.5 Å². The fraction of sp³-hybridized carbons (Fsp3) is 0.393. The van der Waals surface area contributed by atoms with Crippen molar-refractivity contribution in [3.8, 4) is 11.1 Å². The Bertz CT molecular complexity index is 1430. The van der Waals surface area contributed by atoms with Crippen molar-refractivity contribution in [2.24, 2.45) is 0 Å². The number of anilines is 1. The monoisotopic (exact) mass is 506 g/mol. The molecule has 5 rings (SSSR count). The van der Waals surface area contributed by atoms with E-state index in [1.54, 1.807) is 0 Å². The molecular weight excluding hydrogens is 472 g/mol. The number of likely N-dealkylation sites (N-methyl/N-ethyl adjacent to an activating group) is 1. The molecular formula is C28H34N4O3S. The van der Waals surface area contributed by atoms with Gasteiger partial charge in [0.05, 0.1) is 6.26 Å². The van der Waals surface area contributed by atoms with Crippen LogP contribution in [-0.4, -0.2) is 74.5 Å². The highest BCUT2D eigenvalue weighted by molar-refractivity contribution is 7.88. The minimum atomic E-state index is -3.18. The highest BCUT2D eigenvalue weighted by Gasteiger charge is 2.26. The molecule has 2 aromatic carbocycles. The van der Waals surface area contributed by atoms with Crippen molar-refractivity contribution >= 4 is 38.6 Å². The van der Waals surface area contributed by atoms with Gasteiger partial charge in [-0.25, -0.2) is 8.42 Å². The van der Waals surface area contributed by atoms with Gasteiger partial charge in [-0.2, -0.15) is 4.31 Å². The fourth-order valence-electron chi connectivity index (χ4n) is 5.66. The molecule has 1 atom stereocenters. The maximum Gasteiger partial charge on any atom is 0.214 e. The van der Waals surface area contributed by atoms with Crippen LogP contribution < -0.4 is 4.90 Å². The molecule has 2 aliphatic heterocycles. The van der Waals surface area contributed by atoms with Crippen molar-refractivity contribution in [2.45, 2.75) is 32.2 Å². The van der Waals surface area contributed by atoms with Crippen LogP contribution in [0.3, 0.4) is 0 Å². The van der Waals surface area contributed by atoms with Crippen molar-refractivity contribution in [1.82, 2.24) is 14.2 Å². The second kappa shape index (κ2) is 9.84. The molecule has 1 N–H and O–H groups in total. The van der Waals surface area contributed by atoms with Gasteiger partial charge in [-0.1, -0.05) is 30.3 Å². The number of hydrogen-bond donors (Lipinski definition) is 1. The Balaban J connectivity index is 1.51. The number of nitrogens with one attached hydrogen (secondary N) is 1. The van der Waals surface area contributed by atoms with Crippen LogP contribution in [0.25, 0.3) is 27.6 Å². The molecule has 0 spiro atoms. The number of H-pyrrole nitrogens is 1. The number of carbonyl (C=O) groups excluding carboxylic acids is 1. The largest absolute Gasteiger partial charge is 0.355 e. The Hall–Kier alpha value is -2.94. The third-order valence-corrected chi connectivity index (χ3v) is 8.90. The van der Waals surface area contributed by atoms with Crippen LogP contribution in [0.2, 0.25) is 0 Å².